The van der Waals surface area contributed by atoms with Crippen LogP contribution in [-0.4, -0.2) is 20.4 Å². The molecule has 0 bridgehead atoms. The third kappa shape index (κ3) is 11.7. The van der Waals surface area contributed by atoms with Crippen molar-refractivity contribution in [2.45, 2.75) is 131 Å². The van der Waals surface area contributed by atoms with Gasteiger partial charge in [0.1, 0.15) is 0 Å². The molecule has 6 heteroatoms. The Morgan fingerprint density at radius 3 is 1.23 bits per heavy atom. The smallest absolute Gasteiger partial charge is 0.252 e. The van der Waals surface area contributed by atoms with Gasteiger partial charge in [0.05, 0.1) is 68.0 Å². The average molecular weight is 1510 g/mol. The van der Waals surface area contributed by atoms with Crippen LogP contribution in [0.15, 0.2) is 321 Å². The van der Waals surface area contributed by atoms with E-state index in [9.17, 15) is 15.1 Å². The summed E-state index contributed by atoms with van der Waals surface area (Å²) in [5.74, 6) is 0. The summed E-state index contributed by atoms with van der Waals surface area (Å²) in [6.45, 7) is 32.9. The number of fused-ring (bicyclic) bond motifs is 13. The maximum atomic E-state index is 10.3. The molecule has 116 heavy (non-hydrogen) atoms. The van der Waals surface area contributed by atoms with Gasteiger partial charge in [0, 0.05) is 77.6 Å². The van der Waals surface area contributed by atoms with Crippen LogP contribution >= 0.6 is 0 Å². The zero-order valence-corrected chi connectivity index (χ0v) is 68.4. The van der Waals surface area contributed by atoms with E-state index in [1.807, 2.05) is 66.7 Å². The minimum atomic E-state index is -0.739. The zero-order valence-electron chi connectivity index (χ0n) is 81.4. The average Bonchev–Trinajstić information content (AvgIpc) is 1.64. The van der Waals surface area contributed by atoms with Crippen molar-refractivity contribution in [1.82, 2.24) is 13.7 Å². The zero-order chi connectivity index (χ0) is 91.1. The van der Waals surface area contributed by atoms with Crippen LogP contribution in [-0.2, 0) is 27.1 Å². The van der Waals surface area contributed by atoms with Crippen molar-refractivity contribution >= 4 is 123 Å². The second-order valence-corrected chi connectivity index (χ2v) is 36.8. The number of rotatable bonds is 9. The Kier molecular flexibility index (Phi) is 13.5. The highest BCUT2D eigenvalue weighted by atomic mass is 15.2. The molecule has 0 N–H and O–H groups in total. The lowest BCUT2D eigenvalue weighted by molar-refractivity contribution is 0.569. The van der Waals surface area contributed by atoms with Crippen molar-refractivity contribution in [1.29, 1.82) is 0 Å². The van der Waals surface area contributed by atoms with Crippen molar-refractivity contribution in [2.24, 2.45) is 0 Å². The SMILES string of the molecule is [2H]c1c([2H])c([2H])c(-c2cc3c4c(c2)N(c2cccc5c6cccc(-n7c8ccc(C(C)(C)C)cc8c8cc(C(C)(C)C)ccc87)c6n(-c6ccccc6)c25)c2cc(-c5cc(C(C)(C)C)cc(C(C)(C)C)c5)ccc2B4c2ccc(-n4c5c([2H])c([2H])c([2H])c([2H])c5c5c([2H])c([2H])c([2H])c([2H])c54)cc2N3c2c(-c3ccccc3)cc(C(C)(C)C)cc2-c2ccccc2)c([2H])c1[2H]. The van der Waals surface area contributed by atoms with E-state index in [4.69, 9.17) is 2.74 Å². The number of nitrogens with zero attached hydrogens (tertiary/aromatic N) is 5. The normalized spacial score (nSPS) is 14.8. The van der Waals surface area contributed by atoms with Gasteiger partial charge in [-0.3, -0.25) is 0 Å². The highest BCUT2D eigenvalue weighted by molar-refractivity contribution is 7.00. The van der Waals surface area contributed by atoms with Gasteiger partial charge in [-0.1, -0.05) is 322 Å². The summed E-state index contributed by atoms with van der Waals surface area (Å²) < 4.78 is 132. The lowest BCUT2D eigenvalue weighted by Gasteiger charge is -2.45. The number of anilines is 6. The van der Waals surface area contributed by atoms with Gasteiger partial charge in [-0.05, 0) is 208 Å². The van der Waals surface area contributed by atoms with E-state index in [0.717, 1.165) is 133 Å². The Morgan fingerprint density at radius 1 is 0.250 bits per heavy atom. The Morgan fingerprint density at radius 2 is 0.698 bits per heavy atom. The quantitative estimate of drug-likeness (QED) is 0.134. The molecular formula is C110H98BN5. The molecule has 0 saturated heterocycles. The van der Waals surface area contributed by atoms with Gasteiger partial charge >= 0.3 is 0 Å². The van der Waals surface area contributed by atoms with Crippen LogP contribution in [0.1, 0.15) is 149 Å². The fourth-order valence-corrected chi connectivity index (χ4v) is 18.2. The van der Waals surface area contributed by atoms with E-state index in [-0.39, 0.29) is 49.0 Å². The molecule has 0 saturated carbocycles. The van der Waals surface area contributed by atoms with Crippen molar-refractivity contribution in [2.75, 3.05) is 9.80 Å². The van der Waals surface area contributed by atoms with Crippen molar-refractivity contribution in [3.63, 3.8) is 0 Å². The van der Waals surface area contributed by atoms with E-state index >= 15 is 0 Å². The first-order chi connectivity index (χ1) is 61.1. The highest BCUT2D eigenvalue weighted by Crippen LogP contribution is 2.55. The van der Waals surface area contributed by atoms with E-state index < -0.39 is 90.7 Å². The Bertz CT molecular complexity index is 7600. The fraction of sp³-hybridized carbons (Fsp3) is 0.182. The van der Waals surface area contributed by atoms with E-state index in [0.29, 0.717) is 34.0 Å². The number of hydrogen-bond acceptors (Lipinski definition) is 2. The summed E-state index contributed by atoms with van der Waals surface area (Å²) >= 11 is 0. The summed E-state index contributed by atoms with van der Waals surface area (Å²) in [7, 11) is 0. The first-order valence-corrected chi connectivity index (χ1v) is 40.4. The maximum Gasteiger partial charge on any atom is 0.252 e. The summed E-state index contributed by atoms with van der Waals surface area (Å²) in [6.07, 6.45) is 0. The van der Waals surface area contributed by atoms with Crippen LogP contribution in [0.5, 0.6) is 0 Å². The van der Waals surface area contributed by atoms with Crippen LogP contribution in [0.4, 0.5) is 34.1 Å². The number of hydrogen-bond donors (Lipinski definition) is 0. The van der Waals surface area contributed by atoms with Gasteiger partial charge in [0.15, 0.2) is 0 Å². The summed E-state index contributed by atoms with van der Waals surface area (Å²) in [5, 5.41) is 4.08. The summed E-state index contributed by atoms with van der Waals surface area (Å²) in [4.78, 5) is 4.63. The second-order valence-electron chi connectivity index (χ2n) is 36.8. The first kappa shape index (κ1) is 59.1. The third-order valence-corrected chi connectivity index (χ3v) is 24.3. The van der Waals surface area contributed by atoms with Gasteiger partial charge in [0.25, 0.3) is 6.71 Å². The van der Waals surface area contributed by atoms with Crippen LogP contribution in [0.3, 0.4) is 0 Å². The molecule has 0 spiro atoms. The standard InChI is InChI=1S/C110H98BN5/c1-106(2,3)75-51-56-94-88(64-75)89-65-76(107(4,5)6)52-57-95(89)114(94)96-48-32-44-84-85-45-33-49-97(105(85)113(104(84)96)80-40-26-19-27-41-80)115-98-60-72(73-58-77(108(7,8)9)63-78(59-73)109(10,11)12)50-54-90(98)111-91-55-53-81(112-92-46-30-28-42-82(92)83-43-29-31-47-93(83)112)68-99(91)116(101-62-74(61-100(115)102(101)111)69-34-20-16-21-35-69)103-86(70-36-22-17-23-37-70)66-79(110(13,14)15)67-87(103)71-38-24-18-25-39-71/h16-68H,1-15H3/i16D,20D,21D,28D,29D,30D,31D,34D,35D,42D,43D,46D,47D. The fourth-order valence-electron chi connectivity index (χ4n) is 18.2. The largest absolute Gasteiger partial charge is 0.310 e. The van der Waals surface area contributed by atoms with Gasteiger partial charge in [-0.25, -0.2) is 0 Å². The van der Waals surface area contributed by atoms with Gasteiger partial charge in [0.2, 0.25) is 0 Å². The summed E-state index contributed by atoms with van der Waals surface area (Å²) in [6, 6.07) is 80.0. The Labute approximate surface area is 701 Å². The second kappa shape index (κ2) is 26.5. The first-order valence-electron chi connectivity index (χ1n) is 46.9. The molecule has 5 nitrogen and oxygen atoms in total. The molecule has 5 heterocycles. The van der Waals surface area contributed by atoms with Crippen LogP contribution in [0.25, 0.3) is 127 Å². The van der Waals surface area contributed by atoms with Gasteiger partial charge < -0.3 is 23.5 Å². The van der Waals surface area contributed by atoms with Crippen molar-refractivity contribution < 1.29 is 17.8 Å². The van der Waals surface area contributed by atoms with E-state index in [2.05, 4.69) is 299 Å². The van der Waals surface area contributed by atoms with Crippen LogP contribution in [0.2, 0.25) is 0 Å². The molecule has 0 aliphatic carbocycles. The molecule has 2 aliphatic heterocycles. The molecule has 3 aromatic heterocycles. The van der Waals surface area contributed by atoms with Crippen molar-refractivity contribution in [3.8, 4) is 61.6 Å². The van der Waals surface area contributed by atoms with Crippen LogP contribution in [0, 0.1) is 0 Å². The molecule has 2 aliphatic rings. The van der Waals surface area contributed by atoms with Crippen LogP contribution < -0.4 is 26.2 Å². The Hall–Kier alpha value is -12.6. The third-order valence-electron chi connectivity index (χ3n) is 24.3. The van der Waals surface area contributed by atoms with Crippen molar-refractivity contribution in [3.05, 3.63) is 349 Å². The molecule has 0 radical (unpaired) electrons. The van der Waals surface area contributed by atoms with Gasteiger partial charge in [-0.2, -0.15) is 0 Å². The maximum absolute atomic E-state index is 10.3. The molecule has 0 unspecified atom stereocenters. The minimum absolute atomic E-state index is 0.0378. The van der Waals surface area contributed by atoms with Gasteiger partial charge in [-0.15, -0.1) is 0 Å². The monoisotopic (exact) mass is 1510 g/mol. The number of para-hydroxylation sites is 5. The topological polar surface area (TPSA) is 21.3 Å². The lowest BCUT2D eigenvalue weighted by atomic mass is 9.33. The number of benzene rings is 15. The number of aromatic nitrogens is 3. The molecule has 20 rings (SSSR count). The lowest BCUT2D eigenvalue weighted by Crippen LogP contribution is -2.61. The Balaban J connectivity index is 0.999. The molecule has 0 fully saturated rings. The molecular weight excluding hydrogens is 1400 g/mol. The predicted molar refractivity (Wildman–Crippen MR) is 499 cm³/mol. The molecule has 566 valence electrons. The van der Waals surface area contributed by atoms with E-state index in [1.165, 1.54) is 11.1 Å². The summed E-state index contributed by atoms with van der Waals surface area (Å²) in [5.41, 5.74) is 22.4. The molecule has 0 amide bonds. The minimum Gasteiger partial charge on any atom is -0.310 e. The molecule has 18 aromatic rings. The molecule has 15 aromatic carbocycles. The highest BCUT2D eigenvalue weighted by Gasteiger charge is 2.46. The van der Waals surface area contributed by atoms with E-state index in [1.54, 1.807) is 4.57 Å². The molecule has 0 atom stereocenters. The predicted octanol–water partition coefficient (Wildman–Crippen LogP) is 28.2.